The number of hydrogen-bond acceptors (Lipinski definition) is 7. The van der Waals surface area contributed by atoms with Crippen LogP contribution in [0.3, 0.4) is 0 Å². The molecule has 4 rings (SSSR count). The number of oxazole rings is 1. The average molecular weight is 305 g/mol. The van der Waals surface area contributed by atoms with E-state index in [1.54, 1.807) is 10.9 Å². The number of aryl methyl sites for hydroxylation is 1. The largest absolute Gasteiger partial charge is 0.451 e. The van der Waals surface area contributed by atoms with Crippen LogP contribution < -0.4 is 5.73 Å². The number of nitrogens with two attached hydrogens (primary N) is 1. The summed E-state index contributed by atoms with van der Waals surface area (Å²) in [6, 6.07) is 0. The number of fused-ring (bicyclic) bond motifs is 3. The summed E-state index contributed by atoms with van der Waals surface area (Å²) in [5.74, 6) is 1.06. The Morgan fingerprint density at radius 1 is 1.29 bits per heavy atom. The third-order valence-electron chi connectivity index (χ3n) is 3.05. The zero-order valence-electron chi connectivity index (χ0n) is 10.6. The molecular formula is C11H9ClN8O. The number of rotatable bonds is 3. The van der Waals surface area contributed by atoms with E-state index in [1.165, 1.54) is 17.2 Å². The fourth-order valence-electron chi connectivity index (χ4n) is 2.13. The van der Waals surface area contributed by atoms with Gasteiger partial charge in [-0.3, -0.25) is 0 Å². The van der Waals surface area contributed by atoms with Crippen LogP contribution in [0, 0.1) is 0 Å². The number of alkyl halides is 1. The molecule has 10 heteroatoms. The van der Waals surface area contributed by atoms with Gasteiger partial charge in [-0.05, 0) is 0 Å². The van der Waals surface area contributed by atoms with Gasteiger partial charge in [0.2, 0.25) is 11.8 Å². The minimum Gasteiger partial charge on any atom is -0.451 e. The molecule has 9 nitrogen and oxygen atoms in total. The zero-order valence-corrected chi connectivity index (χ0v) is 11.4. The number of nitrogen functional groups attached to an aromatic ring is 1. The quantitative estimate of drug-likeness (QED) is 0.560. The normalized spacial score (nSPS) is 11.7. The van der Waals surface area contributed by atoms with Crippen LogP contribution in [-0.4, -0.2) is 40.2 Å². The maximum Gasteiger partial charge on any atom is 0.225 e. The monoisotopic (exact) mass is 304 g/mol. The molecule has 0 aliphatic carbocycles. The summed E-state index contributed by atoms with van der Waals surface area (Å²) in [4.78, 5) is 12.8. The standard InChI is InChI=1S/C11H9ClN8O/c12-1-2-19-9-6(3-15-19)10-16-8(7-4-21-5-14-7)18-20(10)11(13)17-9/h3-5H,1-2H2,(H2,13,17). The predicted octanol–water partition coefficient (Wildman–Crippen LogP) is 0.950. The first-order chi connectivity index (χ1) is 10.3. The molecule has 4 heterocycles. The maximum absolute atomic E-state index is 5.94. The van der Waals surface area contributed by atoms with E-state index < -0.39 is 0 Å². The first kappa shape index (κ1) is 12.1. The van der Waals surface area contributed by atoms with Crippen molar-refractivity contribution in [2.45, 2.75) is 6.54 Å². The van der Waals surface area contributed by atoms with E-state index in [0.29, 0.717) is 35.2 Å². The lowest BCUT2D eigenvalue weighted by Gasteiger charge is -2.01. The van der Waals surface area contributed by atoms with Crippen LogP contribution in [0.4, 0.5) is 5.95 Å². The van der Waals surface area contributed by atoms with E-state index in [1.807, 2.05) is 0 Å². The van der Waals surface area contributed by atoms with Crippen LogP contribution in [0.25, 0.3) is 28.2 Å². The fourth-order valence-corrected chi connectivity index (χ4v) is 2.29. The SMILES string of the molecule is Nc1nc2c(cnn2CCCl)c2nc(-c3cocn3)nn12. The molecule has 0 unspecified atom stereocenters. The molecule has 0 bridgehead atoms. The van der Waals surface area contributed by atoms with Crippen molar-refractivity contribution >= 4 is 34.2 Å². The second-order valence-corrected chi connectivity index (χ2v) is 4.69. The summed E-state index contributed by atoms with van der Waals surface area (Å²) < 4.78 is 8.08. The van der Waals surface area contributed by atoms with E-state index in [4.69, 9.17) is 21.8 Å². The lowest BCUT2D eigenvalue weighted by molar-refractivity contribution is 0.558. The van der Waals surface area contributed by atoms with Gasteiger partial charge in [-0.25, -0.2) is 14.6 Å². The highest BCUT2D eigenvalue weighted by atomic mass is 35.5. The highest BCUT2D eigenvalue weighted by Gasteiger charge is 2.17. The van der Waals surface area contributed by atoms with Gasteiger partial charge in [0.1, 0.15) is 12.0 Å². The number of aromatic nitrogens is 7. The summed E-state index contributed by atoms with van der Waals surface area (Å²) in [7, 11) is 0. The van der Waals surface area contributed by atoms with Crippen molar-refractivity contribution in [1.29, 1.82) is 0 Å². The average Bonchev–Trinajstić information content (AvgIpc) is 3.16. The molecule has 0 amide bonds. The first-order valence-corrected chi connectivity index (χ1v) is 6.63. The number of halogens is 1. The van der Waals surface area contributed by atoms with Crippen LogP contribution >= 0.6 is 11.6 Å². The molecule has 0 radical (unpaired) electrons. The van der Waals surface area contributed by atoms with Crippen molar-refractivity contribution in [1.82, 2.24) is 34.3 Å². The van der Waals surface area contributed by atoms with Crippen LogP contribution in [0.5, 0.6) is 0 Å². The van der Waals surface area contributed by atoms with Crippen molar-refractivity contribution in [3.8, 4) is 11.5 Å². The molecule has 2 N–H and O–H groups in total. The van der Waals surface area contributed by atoms with Gasteiger partial charge in [0, 0.05) is 5.88 Å². The molecule has 4 aromatic rings. The molecule has 4 aromatic heterocycles. The lowest BCUT2D eigenvalue weighted by atomic mass is 10.4. The van der Waals surface area contributed by atoms with Gasteiger partial charge in [0.15, 0.2) is 17.7 Å². The van der Waals surface area contributed by atoms with Gasteiger partial charge < -0.3 is 10.2 Å². The van der Waals surface area contributed by atoms with Crippen molar-refractivity contribution in [3.63, 3.8) is 0 Å². The molecule has 0 aliphatic heterocycles. The van der Waals surface area contributed by atoms with E-state index in [0.717, 1.165) is 5.39 Å². The second kappa shape index (κ2) is 4.42. The Morgan fingerprint density at radius 3 is 2.95 bits per heavy atom. The zero-order chi connectivity index (χ0) is 14.4. The van der Waals surface area contributed by atoms with Gasteiger partial charge in [-0.15, -0.1) is 16.7 Å². The highest BCUT2D eigenvalue weighted by molar-refractivity contribution is 6.17. The van der Waals surface area contributed by atoms with Gasteiger partial charge in [0.05, 0.1) is 18.1 Å². The minimum absolute atomic E-state index is 0.219. The summed E-state index contributed by atoms with van der Waals surface area (Å²) in [6.45, 7) is 0.540. The summed E-state index contributed by atoms with van der Waals surface area (Å²) in [5.41, 5.74) is 7.66. The number of anilines is 1. The Labute approximate surface area is 122 Å². The smallest absolute Gasteiger partial charge is 0.225 e. The molecule has 21 heavy (non-hydrogen) atoms. The highest BCUT2D eigenvalue weighted by Crippen LogP contribution is 2.22. The van der Waals surface area contributed by atoms with Crippen molar-refractivity contribution < 1.29 is 4.42 Å². The third kappa shape index (κ3) is 1.74. The molecular weight excluding hydrogens is 296 g/mol. The molecule has 0 spiro atoms. The predicted molar refractivity (Wildman–Crippen MR) is 74.7 cm³/mol. The van der Waals surface area contributed by atoms with Crippen molar-refractivity contribution in [2.24, 2.45) is 0 Å². The molecule has 106 valence electrons. The van der Waals surface area contributed by atoms with Gasteiger partial charge in [-0.1, -0.05) is 0 Å². The molecule has 0 aromatic carbocycles. The van der Waals surface area contributed by atoms with Crippen LogP contribution in [-0.2, 0) is 6.54 Å². The Bertz CT molecular complexity index is 925. The third-order valence-corrected chi connectivity index (χ3v) is 3.22. The number of hydrogen-bond donors (Lipinski definition) is 1. The van der Waals surface area contributed by atoms with Crippen LogP contribution in [0.1, 0.15) is 0 Å². The van der Waals surface area contributed by atoms with Crippen LogP contribution in [0.2, 0.25) is 0 Å². The molecule has 0 saturated carbocycles. The van der Waals surface area contributed by atoms with Gasteiger partial charge >= 0.3 is 0 Å². The maximum atomic E-state index is 5.94. The fraction of sp³-hybridized carbons (Fsp3) is 0.182. The molecule has 0 atom stereocenters. The Balaban J connectivity index is 2.01. The number of nitrogens with zero attached hydrogens (tertiary/aromatic N) is 7. The summed E-state index contributed by atoms with van der Waals surface area (Å²) in [6.07, 6.45) is 4.45. The first-order valence-electron chi connectivity index (χ1n) is 6.10. The minimum atomic E-state index is 0.219. The Morgan fingerprint density at radius 2 is 2.19 bits per heavy atom. The molecule has 0 aliphatic rings. The van der Waals surface area contributed by atoms with Gasteiger partial charge in [0.25, 0.3) is 0 Å². The van der Waals surface area contributed by atoms with E-state index in [2.05, 4.69) is 25.1 Å². The topological polar surface area (TPSA) is 113 Å². The van der Waals surface area contributed by atoms with E-state index >= 15 is 0 Å². The summed E-state index contributed by atoms with van der Waals surface area (Å²) >= 11 is 5.75. The van der Waals surface area contributed by atoms with E-state index in [-0.39, 0.29) is 5.95 Å². The van der Waals surface area contributed by atoms with E-state index in [9.17, 15) is 0 Å². The Hall–Kier alpha value is -2.68. The Kier molecular flexibility index (Phi) is 2.54. The van der Waals surface area contributed by atoms with Gasteiger partial charge in [-0.2, -0.15) is 14.6 Å². The second-order valence-electron chi connectivity index (χ2n) is 4.31. The molecule has 0 fully saturated rings. The van der Waals surface area contributed by atoms with Crippen LogP contribution in [0.15, 0.2) is 23.3 Å². The van der Waals surface area contributed by atoms with Crippen molar-refractivity contribution in [3.05, 3.63) is 18.9 Å². The lowest BCUT2D eigenvalue weighted by Crippen LogP contribution is -2.06. The summed E-state index contributed by atoms with van der Waals surface area (Å²) in [5, 5.41) is 9.29. The van der Waals surface area contributed by atoms with Crippen molar-refractivity contribution in [2.75, 3.05) is 11.6 Å². The molecule has 0 saturated heterocycles.